The number of ketones is 1. The van der Waals surface area contributed by atoms with E-state index in [4.69, 9.17) is 0 Å². The van der Waals surface area contributed by atoms with Gasteiger partial charge < -0.3 is 10.4 Å². The molecule has 2 aliphatic carbocycles. The summed E-state index contributed by atoms with van der Waals surface area (Å²) < 4.78 is 0. The van der Waals surface area contributed by atoms with Crippen molar-refractivity contribution in [1.29, 1.82) is 0 Å². The van der Waals surface area contributed by atoms with Gasteiger partial charge in [0, 0.05) is 24.3 Å². The molecule has 1 saturated heterocycles. The fraction of sp³-hybridized carbons (Fsp3) is 0.562. The third-order valence-corrected chi connectivity index (χ3v) is 5.53. The summed E-state index contributed by atoms with van der Waals surface area (Å²) in [5.74, 6) is 1.36. The number of aromatic hydroxyl groups is 1. The predicted molar refractivity (Wildman–Crippen MR) is 72.2 cm³/mol. The summed E-state index contributed by atoms with van der Waals surface area (Å²) in [7, 11) is 0. The van der Waals surface area contributed by atoms with Gasteiger partial charge in [0.05, 0.1) is 0 Å². The minimum absolute atomic E-state index is 0.00241. The highest BCUT2D eigenvalue weighted by atomic mass is 16.3. The van der Waals surface area contributed by atoms with Gasteiger partial charge in [-0.3, -0.25) is 4.79 Å². The molecule has 1 aliphatic heterocycles. The highest BCUT2D eigenvalue weighted by molar-refractivity contribution is 5.81. The van der Waals surface area contributed by atoms with Crippen molar-refractivity contribution in [1.82, 2.24) is 5.32 Å². The normalized spacial score (nSPS) is 36.5. The molecule has 1 aromatic rings. The summed E-state index contributed by atoms with van der Waals surface area (Å²) in [6.45, 7) is 0.990. The summed E-state index contributed by atoms with van der Waals surface area (Å²) in [6, 6.07) is 6.28. The quantitative estimate of drug-likeness (QED) is 0.746. The zero-order valence-corrected chi connectivity index (χ0v) is 11.0. The lowest BCUT2D eigenvalue weighted by molar-refractivity contribution is -0.125. The van der Waals surface area contributed by atoms with Crippen molar-refractivity contribution in [2.75, 3.05) is 6.54 Å². The standard InChI is InChI=1S/C16H19NO2/c18-10-4-5-13-14-8-11-12(2-1-3-15(11)19)16(13,9-10)6-7-17-14/h1-3,13-14,17,19H,4-9H2/t13-,14+,16+/m0/s1. The molecule has 0 spiro atoms. The number of carbonyl (C=O) groups excluding carboxylic acids is 1. The Balaban J connectivity index is 1.94. The lowest BCUT2D eigenvalue weighted by Crippen LogP contribution is -2.60. The van der Waals surface area contributed by atoms with E-state index < -0.39 is 0 Å². The molecule has 0 amide bonds. The van der Waals surface area contributed by atoms with Crippen LogP contribution in [-0.4, -0.2) is 23.5 Å². The number of hydrogen-bond acceptors (Lipinski definition) is 3. The number of nitrogens with one attached hydrogen (secondary N) is 1. The van der Waals surface area contributed by atoms with Crippen molar-refractivity contribution < 1.29 is 9.90 Å². The zero-order valence-electron chi connectivity index (χ0n) is 11.0. The topological polar surface area (TPSA) is 49.3 Å². The van der Waals surface area contributed by atoms with E-state index in [1.165, 1.54) is 5.56 Å². The summed E-state index contributed by atoms with van der Waals surface area (Å²) in [5, 5.41) is 13.8. The van der Waals surface area contributed by atoms with Crippen LogP contribution in [0, 0.1) is 5.92 Å². The molecule has 3 atom stereocenters. The molecular weight excluding hydrogens is 238 g/mol. The summed E-state index contributed by atoms with van der Waals surface area (Å²) in [5.41, 5.74) is 2.33. The van der Waals surface area contributed by atoms with Crippen LogP contribution in [0.3, 0.4) is 0 Å². The second-order valence-corrected chi connectivity index (χ2v) is 6.33. The van der Waals surface area contributed by atoms with Gasteiger partial charge in [-0.1, -0.05) is 12.1 Å². The van der Waals surface area contributed by atoms with Crippen molar-refractivity contribution >= 4 is 5.78 Å². The summed E-state index contributed by atoms with van der Waals surface area (Å²) in [4.78, 5) is 12.0. The first-order chi connectivity index (χ1) is 9.21. The first kappa shape index (κ1) is 11.5. The van der Waals surface area contributed by atoms with Crippen LogP contribution in [0.1, 0.15) is 36.8 Å². The van der Waals surface area contributed by atoms with E-state index in [0.717, 1.165) is 37.8 Å². The minimum Gasteiger partial charge on any atom is -0.508 e. The van der Waals surface area contributed by atoms with E-state index in [9.17, 15) is 9.90 Å². The van der Waals surface area contributed by atoms with Crippen LogP contribution in [0.4, 0.5) is 0 Å². The van der Waals surface area contributed by atoms with Crippen molar-refractivity contribution in [2.24, 2.45) is 5.92 Å². The van der Waals surface area contributed by atoms with E-state index in [2.05, 4.69) is 11.4 Å². The number of phenols is 1. The molecule has 1 heterocycles. The van der Waals surface area contributed by atoms with Gasteiger partial charge in [-0.25, -0.2) is 0 Å². The molecule has 3 nitrogen and oxygen atoms in total. The third kappa shape index (κ3) is 1.45. The number of Topliss-reactive ketones (excluding diaryl/α,β-unsaturated/α-hetero) is 1. The second kappa shape index (κ2) is 3.83. The van der Waals surface area contributed by atoms with Gasteiger partial charge >= 0.3 is 0 Å². The Bertz CT molecular complexity index is 554. The number of phenolic OH excluding ortho intramolecular Hbond substituents is 1. The fourth-order valence-electron chi connectivity index (χ4n) is 4.77. The maximum Gasteiger partial charge on any atom is 0.133 e. The van der Waals surface area contributed by atoms with Crippen LogP contribution < -0.4 is 5.32 Å². The zero-order chi connectivity index (χ0) is 13.0. The predicted octanol–water partition coefficient (Wildman–Crippen LogP) is 1.92. The van der Waals surface area contributed by atoms with Gasteiger partial charge in [0.1, 0.15) is 11.5 Å². The van der Waals surface area contributed by atoms with Crippen molar-refractivity contribution in [3.63, 3.8) is 0 Å². The van der Waals surface area contributed by atoms with Crippen LogP contribution in [0.5, 0.6) is 5.75 Å². The lowest BCUT2D eigenvalue weighted by atomic mass is 9.52. The lowest BCUT2D eigenvalue weighted by Gasteiger charge is -2.55. The number of piperidine rings is 1. The molecular formula is C16H19NO2. The molecule has 1 aromatic carbocycles. The second-order valence-electron chi connectivity index (χ2n) is 6.33. The van der Waals surface area contributed by atoms with Gasteiger partial charge in [0.2, 0.25) is 0 Å². The Morgan fingerprint density at radius 1 is 1.37 bits per heavy atom. The highest BCUT2D eigenvalue weighted by Crippen LogP contribution is 2.54. The van der Waals surface area contributed by atoms with Crippen LogP contribution >= 0.6 is 0 Å². The average molecular weight is 257 g/mol. The first-order valence-electron chi connectivity index (χ1n) is 7.27. The van der Waals surface area contributed by atoms with Crippen molar-refractivity contribution in [2.45, 2.75) is 43.6 Å². The van der Waals surface area contributed by atoms with E-state index in [0.29, 0.717) is 29.9 Å². The molecule has 4 rings (SSSR count). The van der Waals surface area contributed by atoms with Gasteiger partial charge in [-0.15, -0.1) is 0 Å². The van der Waals surface area contributed by atoms with Crippen molar-refractivity contribution in [3.05, 3.63) is 29.3 Å². The number of rotatable bonds is 0. The molecule has 2 bridgehead atoms. The Labute approximate surface area is 113 Å². The Hall–Kier alpha value is -1.35. The van der Waals surface area contributed by atoms with Crippen molar-refractivity contribution in [3.8, 4) is 5.75 Å². The molecule has 3 heteroatoms. The molecule has 3 aliphatic rings. The van der Waals surface area contributed by atoms with Gasteiger partial charge in [-0.2, -0.15) is 0 Å². The molecule has 0 radical (unpaired) electrons. The SMILES string of the molecule is O=C1CC[C@H]2[C@H]3Cc4c(O)cccc4[C@@]2(CCN3)C1. The number of hydrogen-bond donors (Lipinski definition) is 2. The maximum atomic E-state index is 12.0. The Kier molecular flexibility index (Phi) is 2.31. The largest absolute Gasteiger partial charge is 0.508 e. The van der Waals surface area contributed by atoms with Crippen LogP contribution in [0.25, 0.3) is 0 Å². The van der Waals surface area contributed by atoms with Crippen LogP contribution in [-0.2, 0) is 16.6 Å². The van der Waals surface area contributed by atoms with Gasteiger partial charge in [-0.05, 0) is 48.9 Å². The summed E-state index contributed by atoms with van der Waals surface area (Å²) in [6.07, 6.45) is 4.34. The molecule has 100 valence electrons. The van der Waals surface area contributed by atoms with Crippen LogP contribution in [0.15, 0.2) is 18.2 Å². The average Bonchev–Trinajstić information content (AvgIpc) is 2.39. The molecule has 2 fully saturated rings. The fourth-order valence-corrected chi connectivity index (χ4v) is 4.77. The molecule has 0 aromatic heterocycles. The number of benzene rings is 1. The third-order valence-electron chi connectivity index (χ3n) is 5.53. The Morgan fingerprint density at radius 2 is 2.26 bits per heavy atom. The Morgan fingerprint density at radius 3 is 3.16 bits per heavy atom. The number of carbonyl (C=O) groups is 1. The number of fused-ring (bicyclic) bond motifs is 1. The molecule has 1 saturated carbocycles. The smallest absolute Gasteiger partial charge is 0.133 e. The molecule has 2 N–H and O–H groups in total. The minimum atomic E-state index is -0.00241. The van der Waals surface area contributed by atoms with E-state index in [1.807, 2.05) is 6.07 Å². The highest BCUT2D eigenvalue weighted by Gasteiger charge is 2.53. The van der Waals surface area contributed by atoms with E-state index in [-0.39, 0.29) is 5.41 Å². The van der Waals surface area contributed by atoms with E-state index >= 15 is 0 Å². The monoisotopic (exact) mass is 257 g/mol. The first-order valence-corrected chi connectivity index (χ1v) is 7.27. The van der Waals surface area contributed by atoms with Gasteiger partial charge in [0.15, 0.2) is 0 Å². The molecule has 0 unspecified atom stereocenters. The van der Waals surface area contributed by atoms with Gasteiger partial charge in [0.25, 0.3) is 0 Å². The van der Waals surface area contributed by atoms with E-state index in [1.54, 1.807) is 6.07 Å². The summed E-state index contributed by atoms with van der Waals surface area (Å²) >= 11 is 0. The maximum absolute atomic E-state index is 12.0. The van der Waals surface area contributed by atoms with Crippen LogP contribution in [0.2, 0.25) is 0 Å². The molecule has 19 heavy (non-hydrogen) atoms.